The number of carbonyl (C=O) groups is 1. The second-order valence-electron chi connectivity index (χ2n) is 3.78. The van der Waals surface area contributed by atoms with E-state index in [1.54, 1.807) is 0 Å². The summed E-state index contributed by atoms with van der Waals surface area (Å²) < 4.78 is 0. The van der Waals surface area contributed by atoms with Crippen molar-refractivity contribution in [3.8, 4) is 5.75 Å². The van der Waals surface area contributed by atoms with Crippen molar-refractivity contribution in [2.24, 2.45) is 0 Å². The van der Waals surface area contributed by atoms with Crippen molar-refractivity contribution < 1.29 is 19.9 Å². The molecule has 1 saturated heterocycles. The molecule has 0 radical (unpaired) electrons. The van der Waals surface area contributed by atoms with Crippen LogP contribution in [0.15, 0.2) is 18.2 Å². The van der Waals surface area contributed by atoms with Gasteiger partial charge in [0.2, 0.25) is 0 Å². The van der Waals surface area contributed by atoms with E-state index in [0.29, 0.717) is 11.3 Å². The minimum Gasteiger partial charge on any atom is -0.502 e. The number of carboxylic acid groups (broad SMARTS) is 1. The second kappa shape index (κ2) is 4.83. The van der Waals surface area contributed by atoms with Crippen molar-refractivity contribution in [3.63, 3.8) is 0 Å². The fourth-order valence-electron chi connectivity index (χ4n) is 1.66. The fourth-order valence-corrected chi connectivity index (χ4v) is 2.88. The van der Waals surface area contributed by atoms with Crippen LogP contribution >= 0.6 is 11.8 Å². The van der Waals surface area contributed by atoms with Gasteiger partial charge < -0.3 is 10.2 Å². The van der Waals surface area contributed by atoms with E-state index in [1.165, 1.54) is 30.0 Å². The zero-order valence-electron chi connectivity index (χ0n) is 9.07. The topological polar surface area (TPSA) is 113 Å². The van der Waals surface area contributed by atoms with Crippen LogP contribution in [0.25, 0.3) is 0 Å². The van der Waals surface area contributed by atoms with E-state index in [-0.39, 0.29) is 11.1 Å². The smallest absolute Gasteiger partial charge is 0.321 e. The molecule has 0 aromatic heterocycles. The maximum atomic E-state index is 10.8. The van der Waals surface area contributed by atoms with Crippen molar-refractivity contribution in [1.82, 2.24) is 5.32 Å². The number of nitrogens with zero attached hydrogens (tertiary/aromatic N) is 1. The third kappa shape index (κ3) is 2.39. The molecule has 1 aromatic carbocycles. The number of carboxylic acids is 1. The molecule has 1 heterocycles. The van der Waals surface area contributed by atoms with Crippen LogP contribution in [0.2, 0.25) is 0 Å². The average Bonchev–Trinajstić information content (AvgIpc) is 2.78. The molecule has 1 fully saturated rings. The van der Waals surface area contributed by atoms with Crippen molar-refractivity contribution in [3.05, 3.63) is 33.9 Å². The summed E-state index contributed by atoms with van der Waals surface area (Å²) in [5, 5.41) is 31.4. The predicted molar refractivity (Wildman–Crippen MR) is 64.5 cm³/mol. The summed E-state index contributed by atoms with van der Waals surface area (Å²) in [5.41, 5.74) is 0.196. The van der Waals surface area contributed by atoms with Gasteiger partial charge in [0.25, 0.3) is 0 Å². The molecule has 7 nitrogen and oxygen atoms in total. The van der Waals surface area contributed by atoms with Crippen LogP contribution in [0.4, 0.5) is 5.69 Å². The molecule has 0 bridgehead atoms. The maximum absolute atomic E-state index is 10.8. The van der Waals surface area contributed by atoms with Gasteiger partial charge in [-0.3, -0.25) is 20.2 Å². The molecule has 3 N–H and O–H groups in total. The number of hydrogen-bond donors (Lipinski definition) is 3. The molecule has 1 aliphatic heterocycles. The minimum absolute atomic E-state index is 0.314. The Morgan fingerprint density at radius 2 is 2.28 bits per heavy atom. The van der Waals surface area contributed by atoms with Gasteiger partial charge in [0.15, 0.2) is 5.75 Å². The number of hydrogen-bond acceptors (Lipinski definition) is 6. The molecule has 0 aliphatic carbocycles. The highest BCUT2D eigenvalue weighted by molar-refractivity contribution is 7.99. The van der Waals surface area contributed by atoms with Gasteiger partial charge >= 0.3 is 11.7 Å². The lowest BCUT2D eigenvalue weighted by molar-refractivity contribution is -0.385. The summed E-state index contributed by atoms with van der Waals surface area (Å²) in [6.45, 7) is 0. The summed E-state index contributed by atoms with van der Waals surface area (Å²) in [5.74, 6) is -0.950. The highest BCUT2D eigenvalue weighted by Crippen LogP contribution is 2.36. The Hall–Kier alpha value is -1.80. The molecule has 0 unspecified atom stereocenters. The molecular weight excluding hydrogens is 260 g/mol. The van der Waals surface area contributed by atoms with E-state index in [1.807, 2.05) is 0 Å². The number of nitro groups is 1. The van der Waals surface area contributed by atoms with Crippen LogP contribution in [-0.2, 0) is 4.79 Å². The van der Waals surface area contributed by atoms with Crippen molar-refractivity contribution in [2.75, 3.05) is 5.75 Å². The summed E-state index contributed by atoms with van der Waals surface area (Å²) in [6, 6.07) is 3.37. The number of nitrogens with one attached hydrogen (secondary N) is 1. The van der Waals surface area contributed by atoms with Crippen molar-refractivity contribution >= 4 is 23.4 Å². The molecule has 2 atom stereocenters. The lowest BCUT2D eigenvalue weighted by Crippen LogP contribution is -2.33. The number of phenols is 1. The van der Waals surface area contributed by atoms with Crippen LogP contribution in [0.5, 0.6) is 5.75 Å². The first-order valence-electron chi connectivity index (χ1n) is 5.07. The Kier molecular flexibility index (Phi) is 3.39. The second-order valence-corrected chi connectivity index (χ2v) is 4.91. The average molecular weight is 270 g/mol. The number of aliphatic carboxylic acids is 1. The van der Waals surface area contributed by atoms with E-state index >= 15 is 0 Å². The first-order chi connectivity index (χ1) is 8.49. The van der Waals surface area contributed by atoms with Gasteiger partial charge in [-0.2, -0.15) is 0 Å². The third-order valence-corrected chi connectivity index (χ3v) is 3.85. The molecule has 0 saturated carbocycles. The lowest BCUT2D eigenvalue weighted by atomic mass is 10.1. The number of rotatable bonds is 3. The number of thioether (sulfide) groups is 1. The van der Waals surface area contributed by atoms with Gasteiger partial charge in [0.1, 0.15) is 6.04 Å². The summed E-state index contributed by atoms with van der Waals surface area (Å²) in [4.78, 5) is 20.8. The van der Waals surface area contributed by atoms with E-state index in [4.69, 9.17) is 5.11 Å². The zero-order valence-corrected chi connectivity index (χ0v) is 9.88. The highest BCUT2D eigenvalue weighted by atomic mass is 32.2. The molecule has 8 heteroatoms. The molecule has 96 valence electrons. The predicted octanol–water partition coefficient (Wildman–Crippen LogP) is 1.09. The lowest BCUT2D eigenvalue weighted by Gasteiger charge is -2.11. The standard InChI is InChI=1S/C10H10N2O5S/c13-8-2-1-5(3-7(8)12(16)17)9-11-6(4-18-9)10(14)15/h1-3,6,9,11,13H,4H2,(H,14,15)/t6-,9-/m1/s1. The van der Waals surface area contributed by atoms with Crippen LogP contribution in [0.3, 0.4) is 0 Å². The molecule has 1 aromatic rings. The normalized spacial score (nSPS) is 22.9. The van der Waals surface area contributed by atoms with Crippen LogP contribution < -0.4 is 5.32 Å². The van der Waals surface area contributed by atoms with Crippen molar-refractivity contribution in [2.45, 2.75) is 11.4 Å². The molecular formula is C10H10N2O5S. The minimum atomic E-state index is -0.946. The molecule has 0 spiro atoms. The largest absolute Gasteiger partial charge is 0.502 e. The zero-order chi connectivity index (χ0) is 13.3. The summed E-state index contributed by atoms with van der Waals surface area (Å²) >= 11 is 1.36. The fraction of sp³-hybridized carbons (Fsp3) is 0.300. The SMILES string of the molecule is O=C(O)[C@H]1CS[C@H](c2ccc(O)c([N+](=O)[O-])c2)N1. The third-order valence-electron chi connectivity index (χ3n) is 2.58. The van der Waals surface area contributed by atoms with Gasteiger partial charge in [-0.25, -0.2) is 0 Å². The number of nitro benzene ring substituents is 1. The van der Waals surface area contributed by atoms with Gasteiger partial charge in [0, 0.05) is 11.8 Å². The van der Waals surface area contributed by atoms with Crippen LogP contribution in [-0.4, -0.2) is 32.9 Å². The quantitative estimate of drug-likeness (QED) is 0.556. The number of benzene rings is 1. The van der Waals surface area contributed by atoms with Gasteiger partial charge in [-0.15, -0.1) is 11.8 Å². The summed E-state index contributed by atoms with van der Waals surface area (Å²) in [7, 11) is 0. The number of aromatic hydroxyl groups is 1. The summed E-state index contributed by atoms with van der Waals surface area (Å²) in [6.07, 6.45) is 0. The highest BCUT2D eigenvalue weighted by Gasteiger charge is 2.31. The Bertz CT molecular complexity index is 507. The monoisotopic (exact) mass is 270 g/mol. The first kappa shape index (κ1) is 12.7. The molecule has 1 aliphatic rings. The van der Waals surface area contributed by atoms with Crippen molar-refractivity contribution in [1.29, 1.82) is 0 Å². The van der Waals surface area contributed by atoms with E-state index in [9.17, 15) is 20.0 Å². The Balaban J connectivity index is 2.22. The molecule has 18 heavy (non-hydrogen) atoms. The van der Waals surface area contributed by atoms with Gasteiger partial charge in [-0.1, -0.05) is 6.07 Å². The molecule has 2 rings (SSSR count). The Morgan fingerprint density at radius 3 is 2.83 bits per heavy atom. The Labute approximate surface area is 106 Å². The van der Waals surface area contributed by atoms with E-state index < -0.39 is 22.7 Å². The van der Waals surface area contributed by atoms with Gasteiger partial charge in [0.05, 0.1) is 10.3 Å². The number of phenolic OH excluding ortho intramolecular Hbond substituents is 1. The Morgan fingerprint density at radius 1 is 1.56 bits per heavy atom. The van der Waals surface area contributed by atoms with Crippen LogP contribution in [0, 0.1) is 10.1 Å². The van der Waals surface area contributed by atoms with E-state index in [2.05, 4.69) is 5.32 Å². The molecule has 0 amide bonds. The van der Waals surface area contributed by atoms with Crippen LogP contribution in [0.1, 0.15) is 10.9 Å². The first-order valence-corrected chi connectivity index (χ1v) is 6.11. The van der Waals surface area contributed by atoms with E-state index in [0.717, 1.165) is 0 Å². The maximum Gasteiger partial charge on any atom is 0.321 e. The van der Waals surface area contributed by atoms with Gasteiger partial charge in [-0.05, 0) is 11.6 Å².